The van der Waals surface area contributed by atoms with Gasteiger partial charge in [0.1, 0.15) is 0 Å². The maximum atomic E-state index is 12.0. The number of carbonyl (C=O) groups is 2. The Labute approximate surface area is 136 Å². The Kier molecular flexibility index (Phi) is 6.32. The highest BCUT2D eigenvalue weighted by Crippen LogP contribution is 2.18. The Hall–Kier alpha value is -2.66. The van der Waals surface area contributed by atoms with Crippen LogP contribution >= 0.6 is 0 Å². The van der Waals surface area contributed by atoms with Gasteiger partial charge in [-0.15, -0.1) is 0 Å². The van der Waals surface area contributed by atoms with Crippen LogP contribution in [0.15, 0.2) is 54.6 Å². The van der Waals surface area contributed by atoms with Gasteiger partial charge < -0.3 is 10.6 Å². The van der Waals surface area contributed by atoms with Crippen LogP contribution in [-0.4, -0.2) is 32.0 Å². The molecule has 120 valence electrons. The van der Waals surface area contributed by atoms with E-state index in [0.29, 0.717) is 0 Å². The zero-order valence-electron chi connectivity index (χ0n) is 13.1. The fourth-order valence-corrected chi connectivity index (χ4v) is 2.18. The highest BCUT2D eigenvalue weighted by Gasteiger charge is 2.07. The largest absolute Gasteiger partial charge is 0.358 e. The summed E-state index contributed by atoms with van der Waals surface area (Å²) in [6, 6.07) is 17.8. The Balaban J connectivity index is 1.94. The van der Waals surface area contributed by atoms with E-state index >= 15 is 0 Å². The van der Waals surface area contributed by atoms with Gasteiger partial charge in [0, 0.05) is 12.7 Å². The van der Waals surface area contributed by atoms with Crippen LogP contribution in [0.1, 0.15) is 11.1 Å². The van der Waals surface area contributed by atoms with Gasteiger partial charge in [0.05, 0.1) is 13.1 Å². The number of hydrogen-bond donors (Lipinski definition) is 3. The second-order valence-corrected chi connectivity index (χ2v) is 5.14. The minimum atomic E-state index is -0.172. The lowest BCUT2D eigenvalue weighted by Crippen LogP contribution is -2.36. The first-order valence-corrected chi connectivity index (χ1v) is 7.52. The van der Waals surface area contributed by atoms with Crippen molar-refractivity contribution >= 4 is 17.5 Å². The number of anilines is 1. The summed E-state index contributed by atoms with van der Waals surface area (Å²) in [5.41, 5.74) is 3.04. The van der Waals surface area contributed by atoms with Crippen molar-refractivity contribution in [3.05, 3.63) is 65.7 Å². The molecule has 0 saturated carbocycles. The van der Waals surface area contributed by atoms with E-state index in [1.54, 1.807) is 7.05 Å². The lowest BCUT2D eigenvalue weighted by molar-refractivity contribution is -0.119. The van der Waals surface area contributed by atoms with Crippen LogP contribution in [0.4, 0.5) is 5.69 Å². The van der Waals surface area contributed by atoms with Crippen molar-refractivity contribution in [2.45, 2.75) is 6.42 Å². The summed E-state index contributed by atoms with van der Waals surface area (Å²) in [7, 11) is 1.56. The molecule has 0 aliphatic carbocycles. The molecule has 3 N–H and O–H groups in total. The maximum absolute atomic E-state index is 12.0. The molecule has 2 amide bonds. The second kappa shape index (κ2) is 8.70. The molecular formula is C18H21N3O2. The molecule has 0 aliphatic heterocycles. The third-order valence-corrected chi connectivity index (χ3v) is 3.38. The van der Waals surface area contributed by atoms with Crippen molar-refractivity contribution in [1.29, 1.82) is 0 Å². The first kappa shape index (κ1) is 16.7. The fourth-order valence-electron chi connectivity index (χ4n) is 2.18. The van der Waals surface area contributed by atoms with Crippen LogP contribution in [0, 0.1) is 0 Å². The average Bonchev–Trinajstić information content (AvgIpc) is 2.57. The predicted molar refractivity (Wildman–Crippen MR) is 91.3 cm³/mol. The molecule has 0 aliphatic rings. The maximum Gasteiger partial charge on any atom is 0.238 e. The van der Waals surface area contributed by atoms with Crippen molar-refractivity contribution in [3.63, 3.8) is 0 Å². The number of para-hydroxylation sites is 1. The van der Waals surface area contributed by atoms with Gasteiger partial charge in [0.15, 0.2) is 0 Å². The lowest BCUT2D eigenvalue weighted by atomic mass is 10.0. The number of rotatable bonds is 7. The molecular weight excluding hydrogens is 290 g/mol. The first-order chi connectivity index (χ1) is 11.2. The van der Waals surface area contributed by atoms with Crippen LogP contribution in [0.5, 0.6) is 0 Å². The topological polar surface area (TPSA) is 70.2 Å². The van der Waals surface area contributed by atoms with E-state index in [4.69, 9.17) is 0 Å². The van der Waals surface area contributed by atoms with Crippen molar-refractivity contribution in [1.82, 2.24) is 10.6 Å². The molecule has 2 aromatic rings. The van der Waals surface area contributed by atoms with E-state index in [1.165, 1.54) is 5.56 Å². The highest BCUT2D eigenvalue weighted by molar-refractivity contribution is 5.93. The van der Waals surface area contributed by atoms with Crippen LogP contribution in [0.25, 0.3) is 0 Å². The minimum absolute atomic E-state index is 0.0904. The third kappa shape index (κ3) is 5.56. The van der Waals surface area contributed by atoms with E-state index < -0.39 is 0 Å². The van der Waals surface area contributed by atoms with Crippen LogP contribution in [0.2, 0.25) is 0 Å². The molecule has 23 heavy (non-hydrogen) atoms. The zero-order chi connectivity index (χ0) is 16.5. The van der Waals surface area contributed by atoms with Gasteiger partial charge in [0.25, 0.3) is 0 Å². The summed E-state index contributed by atoms with van der Waals surface area (Å²) in [5, 5.41) is 8.18. The van der Waals surface area contributed by atoms with Crippen molar-refractivity contribution in [2.75, 3.05) is 25.5 Å². The molecule has 0 aromatic heterocycles. The third-order valence-electron chi connectivity index (χ3n) is 3.38. The molecule has 0 saturated heterocycles. The van der Waals surface area contributed by atoms with Crippen LogP contribution in [-0.2, 0) is 16.0 Å². The summed E-state index contributed by atoms with van der Waals surface area (Å²) >= 11 is 0. The molecule has 2 rings (SSSR count). The fraction of sp³-hybridized carbons (Fsp3) is 0.222. The number of carbonyl (C=O) groups excluding carboxylic acids is 2. The summed E-state index contributed by atoms with van der Waals surface area (Å²) < 4.78 is 0. The van der Waals surface area contributed by atoms with Crippen LogP contribution < -0.4 is 16.0 Å². The molecule has 0 radical (unpaired) electrons. The monoisotopic (exact) mass is 311 g/mol. The molecule has 0 atom stereocenters. The molecule has 0 bridgehead atoms. The number of amides is 2. The van der Waals surface area contributed by atoms with Gasteiger partial charge in [-0.2, -0.15) is 0 Å². The number of likely N-dealkylation sites (N-methyl/N-ethyl adjacent to an activating group) is 1. The first-order valence-electron chi connectivity index (χ1n) is 7.52. The van der Waals surface area contributed by atoms with Gasteiger partial charge in [-0.25, -0.2) is 0 Å². The van der Waals surface area contributed by atoms with E-state index in [1.807, 2.05) is 42.5 Å². The van der Waals surface area contributed by atoms with Crippen LogP contribution in [0.3, 0.4) is 0 Å². The highest BCUT2D eigenvalue weighted by atomic mass is 16.2. The second-order valence-electron chi connectivity index (χ2n) is 5.14. The summed E-state index contributed by atoms with van der Waals surface area (Å²) in [5.74, 6) is -0.323. The molecule has 0 unspecified atom stereocenters. The van der Waals surface area contributed by atoms with Gasteiger partial charge in [-0.3, -0.25) is 14.9 Å². The molecule has 0 heterocycles. The number of benzene rings is 2. The summed E-state index contributed by atoms with van der Waals surface area (Å²) in [6.45, 7) is 0.211. The normalized spacial score (nSPS) is 10.1. The number of nitrogens with one attached hydrogen (secondary N) is 3. The molecule has 5 nitrogen and oxygen atoms in total. The Morgan fingerprint density at radius 2 is 1.52 bits per heavy atom. The van der Waals surface area contributed by atoms with E-state index in [0.717, 1.165) is 17.7 Å². The van der Waals surface area contributed by atoms with Gasteiger partial charge in [-0.1, -0.05) is 48.5 Å². The number of hydrogen-bond acceptors (Lipinski definition) is 3. The average molecular weight is 311 g/mol. The Bertz CT molecular complexity index is 656. The standard InChI is InChI=1S/C18H21N3O2/c1-19-17(22)12-20-13-18(23)21-16-10-6-5-9-15(16)11-14-7-3-2-4-8-14/h2-10,20H,11-13H2,1H3,(H,19,22)(H,21,23). The lowest BCUT2D eigenvalue weighted by Gasteiger charge is -2.11. The van der Waals surface area contributed by atoms with Crippen molar-refractivity contribution in [3.8, 4) is 0 Å². The van der Waals surface area contributed by atoms with Gasteiger partial charge >= 0.3 is 0 Å². The SMILES string of the molecule is CNC(=O)CNCC(=O)Nc1ccccc1Cc1ccccc1. The zero-order valence-corrected chi connectivity index (χ0v) is 13.1. The Morgan fingerprint density at radius 3 is 2.26 bits per heavy atom. The van der Waals surface area contributed by atoms with Gasteiger partial charge in [-0.05, 0) is 23.6 Å². The minimum Gasteiger partial charge on any atom is -0.358 e. The smallest absolute Gasteiger partial charge is 0.238 e. The molecule has 2 aromatic carbocycles. The predicted octanol–water partition coefficient (Wildman–Crippen LogP) is 1.55. The molecule has 5 heteroatoms. The Morgan fingerprint density at radius 1 is 0.870 bits per heavy atom. The quantitative estimate of drug-likeness (QED) is 0.726. The summed E-state index contributed by atoms with van der Waals surface area (Å²) in [4.78, 5) is 23.1. The van der Waals surface area contributed by atoms with E-state index in [2.05, 4.69) is 28.1 Å². The molecule has 0 spiro atoms. The van der Waals surface area contributed by atoms with E-state index in [9.17, 15) is 9.59 Å². The van der Waals surface area contributed by atoms with Crippen molar-refractivity contribution < 1.29 is 9.59 Å². The molecule has 0 fully saturated rings. The van der Waals surface area contributed by atoms with Crippen molar-refractivity contribution in [2.24, 2.45) is 0 Å². The van der Waals surface area contributed by atoms with Gasteiger partial charge in [0.2, 0.25) is 11.8 Å². The summed E-state index contributed by atoms with van der Waals surface area (Å²) in [6.07, 6.45) is 0.753. The van der Waals surface area contributed by atoms with E-state index in [-0.39, 0.29) is 24.9 Å².